The lowest BCUT2D eigenvalue weighted by Gasteiger charge is -2.21. The van der Waals surface area contributed by atoms with E-state index in [2.05, 4.69) is 15.5 Å². The van der Waals surface area contributed by atoms with Crippen LogP contribution in [0, 0.1) is 0 Å². The summed E-state index contributed by atoms with van der Waals surface area (Å²) in [4.78, 5) is 23.9. The van der Waals surface area contributed by atoms with Gasteiger partial charge in [0.2, 0.25) is 0 Å². The summed E-state index contributed by atoms with van der Waals surface area (Å²) in [6.45, 7) is 0.473. The lowest BCUT2D eigenvalue weighted by atomic mass is 10.2. The van der Waals surface area contributed by atoms with Gasteiger partial charge in [-0.2, -0.15) is 5.10 Å². The Kier molecular flexibility index (Phi) is 2.76. The number of hydrogen-bond acceptors (Lipinski definition) is 3. The number of anilines is 1. The molecule has 0 radical (unpaired) electrons. The highest BCUT2D eigenvalue weighted by Crippen LogP contribution is 2.18. The number of aromatic nitrogens is 2. The highest BCUT2D eigenvalue weighted by Gasteiger charge is 2.33. The van der Waals surface area contributed by atoms with Crippen molar-refractivity contribution in [3.05, 3.63) is 12.4 Å². The SMILES string of the molecule is O=C(O)[C@@H]1CCCN1C(=O)Nc1cn[nH]c1. The smallest absolute Gasteiger partial charge is 0.326 e. The fourth-order valence-corrected chi connectivity index (χ4v) is 1.78. The van der Waals surface area contributed by atoms with Crippen molar-refractivity contribution in [1.29, 1.82) is 0 Å². The Morgan fingerprint density at radius 1 is 1.62 bits per heavy atom. The van der Waals surface area contributed by atoms with E-state index in [0.29, 0.717) is 18.7 Å². The fourth-order valence-electron chi connectivity index (χ4n) is 1.78. The molecule has 0 unspecified atom stereocenters. The van der Waals surface area contributed by atoms with Crippen LogP contribution >= 0.6 is 0 Å². The molecule has 7 nitrogen and oxygen atoms in total. The Bertz CT molecular complexity index is 389. The topological polar surface area (TPSA) is 98.3 Å². The van der Waals surface area contributed by atoms with Gasteiger partial charge in [-0.1, -0.05) is 0 Å². The number of carbonyl (C=O) groups is 2. The number of carboxylic acids is 1. The highest BCUT2D eigenvalue weighted by molar-refractivity contribution is 5.92. The van der Waals surface area contributed by atoms with Gasteiger partial charge in [-0.15, -0.1) is 0 Å². The first-order valence-corrected chi connectivity index (χ1v) is 4.97. The van der Waals surface area contributed by atoms with Gasteiger partial charge in [-0.3, -0.25) is 5.10 Å². The van der Waals surface area contributed by atoms with E-state index in [1.807, 2.05) is 0 Å². The van der Waals surface area contributed by atoms with Crippen molar-refractivity contribution in [3.8, 4) is 0 Å². The van der Waals surface area contributed by atoms with Gasteiger partial charge in [-0.25, -0.2) is 9.59 Å². The summed E-state index contributed by atoms with van der Waals surface area (Å²) < 4.78 is 0. The third-order valence-electron chi connectivity index (χ3n) is 2.55. The van der Waals surface area contributed by atoms with Crippen molar-refractivity contribution in [3.63, 3.8) is 0 Å². The molecule has 0 saturated carbocycles. The maximum Gasteiger partial charge on any atom is 0.326 e. The third kappa shape index (κ3) is 1.97. The Morgan fingerprint density at radius 3 is 3.06 bits per heavy atom. The Balaban J connectivity index is 2.01. The van der Waals surface area contributed by atoms with E-state index in [0.717, 1.165) is 6.42 Å². The van der Waals surface area contributed by atoms with Gasteiger partial charge >= 0.3 is 12.0 Å². The number of aromatic amines is 1. The zero-order chi connectivity index (χ0) is 11.5. The molecule has 3 N–H and O–H groups in total. The molecule has 0 spiro atoms. The molecule has 0 bridgehead atoms. The van der Waals surface area contributed by atoms with Crippen LogP contribution in [0.15, 0.2) is 12.4 Å². The van der Waals surface area contributed by atoms with Gasteiger partial charge in [0, 0.05) is 12.7 Å². The van der Waals surface area contributed by atoms with E-state index in [9.17, 15) is 9.59 Å². The predicted octanol–water partition coefficient (Wildman–Crippen LogP) is 0.491. The third-order valence-corrected chi connectivity index (χ3v) is 2.55. The van der Waals surface area contributed by atoms with Crippen LogP contribution in [-0.2, 0) is 4.79 Å². The van der Waals surface area contributed by atoms with Gasteiger partial charge in [-0.05, 0) is 12.8 Å². The zero-order valence-electron chi connectivity index (χ0n) is 8.51. The average Bonchev–Trinajstić information content (AvgIpc) is 2.86. The minimum Gasteiger partial charge on any atom is -0.480 e. The number of nitrogens with one attached hydrogen (secondary N) is 2. The summed E-state index contributed by atoms with van der Waals surface area (Å²) in [5.41, 5.74) is 0.529. The van der Waals surface area contributed by atoms with Crippen LogP contribution in [0.4, 0.5) is 10.5 Å². The Hall–Kier alpha value is -2.05. The van der Waals surface area contributed by atoms with Crippen molar-refractivity contribution in [2.75, 3.05) is 11.9 Å². The Morgan fingerprint density at radius 2 is 2.44 bits per heavy atom. The molecule has 0 aromatic carbocycles. The molecule has 2 amide bonds. The minimum atomic E-state index is -0.958. The van der Waals surface area contributed by atoms with E-state index in [-0.39, 0.29) is 0 Å². The van der Waals surface area contributed by atoms with E-state index in [1.165, 1.54) is 17.3 Å². The lowest BCUT2D eigenvalue weighted by Crippen LogP contribution is -2.42. The van der Waals surface area contributed by atoms with Crippen LogP contribution in [0.2, 0.25) is 0 Å². The molecule has 1 aliphatic heterocycles. The normalized spacial score (nSPS) is 19.8. The second-order valence-electron chi connectivity index (χ2n) is 3.61. The zero-order valence-corrected chi connectivity index (χ0v) is 8.51. The van der Waals surface area contributed by atoms with Gasteiger partial charge in [0.15, 0.2) is 0 Å². The number of carboxylic acid groups (broad SMARTS) is 1. The summed E-state index contributed by atoms with van der Waals surface area (Å²) >= 11 is 0. The van der Waals surface area contributed by atoms with Crippen molar-refractivity contribution >= 4 is 17.7 Å². The largest absolute Gasteiger partial charge is 0.480 e. The first-order chi connectivity index (χ1) is 7.68. The van der Waals surface area contributed by atoms with Gasteiger partial charge in [0.1, 0.15) is 6.04 Å². The molecule has 1 aromatic rings. The number of rotatable bonds is 2. The van der Waals surface area contributed by atoms with Crippen LogP contribution in [0.25, 0.3) is 0 Å². The molecule has 1 fully saturated rings. The molecule has 1 saturated heterocycles. The molecule has 86 valence electrons. The molecule has 2 heterocycles. The first kappa shape index (κ1) is 10.5. The molecule has 16 heavy (non-hydrogen) atoms. The summed E-state index contributed by atoms with van der Waals surface area (Å²) in [7, 11) is 0. The Labute approximate surface area is 91.4 Å². The molecule has 7 heteroatoms. The van der Waals surface area contributed by atoms with E-state index >= 15 is 0 Å². The number of hydrogen-bond donors (Lipinski definition) is 3. The van der Waals surface area contributed by atoms with Gasteiger partial charge in [0.05, 0.1) is 11.9 Å². The second kappa shape index (κ2) is 4.21. The van der Waals surface area contributed by atoms with Crippen molar-refractivity contribution in [2.45, 2.75) is 18.9 Å². The fraction of sp³-hybridized carbons (Fsp3) is 0.444. The van der Waals surface area contributed by atoms with Crippen LogP contribution in [0.1, 0.15) is 12.8 Å². The highest BCUT2D eigenvalue weighted by atomic mass is 16.4. The predicted molar refractivity (Wildman–Crippen MR) is 55.0 cm³/mol. The van der Waals surface area contributed by atoms with Crippen LogP contribution in [-0.4, -0.2) is 44.8 Å². The lowest BCUT2D eigenvalue weighted by molar-refractivity contribution is -0.141. The number of aliphatic carboxylic acids is 1. The van der Waals surface area contributed by atoms with Gasteiger partial charge in [0.25, 0.3) is 0 Å². The molecular weight excluding hydrogens is 212 g/mol. The van der Waals surface area contributed by atoms with Crippen LogP contribution in [0.3, 0.4) is 0 Å². The summed E-state index contributed by atoms with van der Waals surface area (Å²) in [6.07, 6.45) is 4.22. The van der Waals surface area contributed by atoms with E-state index < -0.39 is 18.0 Å². The molecule has 1 atom stereocenters. The van der Waals surface area contributed by atoms with E-state index in [4.69, 9.17) is 5.11 Å². The average molecular weight is 224 g/mol. The number of amides is 2. The first-order valence-electron chi connectivity index (χ1n) is 4.97. The monoisotopic (exact) mass is 224 g/mol. The number of urea groups is 1. The standard InChI is InChI=1S/C9H12N4O3/c14-8(15)7-2-1-3-13(7)9(16)12-6-4-10-11-5-6/h4-5,7H,1-3H2,(H,10,11)(H,12,16)(H,14,15)/t7-/m0/s1. The number of nitrogens with zero attached hydrogens (tertiary/aromatic N) is 2. The van der Waals surface area contributed by atoms with Crippen LogP contribution in [0.5, 0.6) is 0 Å². The summed E-state index contributed by atoms with van der Waals surface area (Å²) in [5.74, 6) is -0.958. The molecule has 1 aliphatic rings. The molecule has 0 aliphatic carbocycles. The van der Waals surface area contributed by atoms with Crippen molar-refractivity contribution in [2.24, 2.45) is 0 Å². The molecule has 1 aromatic heterocycles. The molecular formula is C9H12N4O3. The number of likely N-dealkylation sites (tertiary alicyclic amines) is 1. The summed E-state index contributed by atoms with van der Waals surface area (Å²) in [6, 6.07) is -1.11. The molecule has 2 rings (SSSR count). The second-order valence-corrected chi connectivity index (χ2v) is 3.61. The number of H-pyrrole nitrogens is 1. The number of carbonyl (C=O) groups excluding carboxylic acids is 1. The van der Waals surface area contributed by atoms with Gasteiger partial charge < -0.3 is 15.3 Å². The van der Waals surface area contributed by atoms with Crippen LogP contribution < -0.4 is 5.32 Å². The van der Waals surface area contributed by atoms with Crippen molar-refractivity contribution < 1.29 is 14.7 Å². The quantitative estimate of drug-likeness (QED) is 0.680. The minimum absolute atomic E-state index is 0.397. The maximum absolute atomic E-state index is 11.7. The summed E-state index contributed by atoms with van der Waals surface area (Å²) in [5, 5.41) is 17.7. The van der Waals surface area contributed by atoms with Crippen molar-refractivity contribution in [1.82, 2.24) is 15.1 Å². The maximum atomic E-state index is 11.7. The van der Waals surface area contributed by atoms with E-state index in [1.54, 1.807) is 0 Å².